The number of rotatable bonds is 15. The van der Waals surface area contributed by atoms with Gasteiger partial charge in [-0.25, -0.2) is 4.79 Å². The summed E-state index contributed by atoms with van der Waals surface area (Å²) in [5, 5.41) is 21.5. The van der Waals surface area contributed by atoms with Crippen molar-refractivity contribution in [2.24, 2.45) is 5.73 Å². The number of carboxylic acids is 1. The number of carbonyl (C=O) groups is 5. The molecule has 1 fully saturated rings. The highest BCUT2D eigenvalue weighted by Crippen LogP contribution is 2.19. The van der Waals surface area contributed by atoms with Crippen LogP contribution in [0.25, 0.3) is 10.9 Å². The molecule has 4 amide bonds. The van der Waals surface area contributed by atoms with Crippen LogP contribution in [-0.2, 0) is 30.4 Å². The fourth-order valence-corrected chi connectivity index (χ4v) is 4.97. The lowest BCUT2D eigenvalue weighted by molar-refractivity contribution is -0.142. The number of hydrogen-bond donors (Lipinski definition) is 7. The molecule has 1 aliphatic heterocycles. The first-order valence-corrected chi connectivity index (χ1v) is 14.3. The number of nitrogens with two attached hydrogens (primary N) is 1. The van der Waals surface area contributed by atoms with E-state index in [9.17, 15) is 29.1 Å². The summed E-state index contributed by atoms with van der Waals surface area (Å²) in [5.74, 6) is -2.95. The average molecular weight is 561 g/mol. The molecule has 39 heavy (non-hydrogen) atoms. The Bertz CT molecular complexity index is 1180. The SMILES string of the molecule is CSCCC(NC(=O)C1CCCN1)C(=O)NC(Cc1c[nH]c2ccccc12)C(=O)NC(CCC(N)=O)C(=O)O. The molecule has 0 aliphatic carbocycles. The summed E-state index contributed by atoms with van der Waals surface area (Å²) in [6.45, 7) is 0.729. The molecule has 8 N–H and O–H groups in total. The van der Waals surface area contributed by atoms with Gasteiger partial charge in [-0.2, -0.15) is 11.8 Å². The molecule has 1 saturated heterocycles. The second kappa shape index (κ2) is 14.5. The number of carbonyl (C=O) groups excluding carboxylic acids is 4. The van der Waals surface area contributed by atoms with Gasteiger partial charge in [0.2, 0.25) is 23.6 Å². The molecule has 12 nitrogen and oxygen atoms in total. The normalized spacial score (nSPS) is 17.2. The van der Waals surface area contributed by atoms with Crippen molar-refractivity contribution in [2.45, 2.75) is 62.7 Å². The van der Waals surface area contributed by atoms with Gasteiger partial charge in [-0.3, -0.25) is 19.2 Å². The van der Waals surface area contributed by atoms with Crippen LogP contribution < -0.4 is 27.0 Å². The van der Waals surface area contributed by atoms with E-state index >= 15 is 0 Å². The number of fused-ring (bicyclic) bond motifs is 1. The van der Waals surface area contributed by atoms with Gasteiger partial charge in [0.15, 0.2) is 0 Å². The van der Waals surface area contributed by atoms with Crippen molar-refractivity contribution >= 4 is 52.3 Å². The van der Waals surface area contributed by atoms with E-state index in [-0.39, 0.29) is 31.2 Å². The molecule has 0 radical (unpaired) electrons. The lowest BCUT2D eigenvalue weighted by Gasteiger charge is -2.25. The lowest BCUT2D eigenvalue weighted by atomic mass is 10.0. The van der Waals surface area contributed by atoms with Gasteiger partial charge in [0, 0.05) is 29.9 Å². The number of primary amides is 1. The summed E-state index contributed by atoms with van der Waals surface area (Å²) < 4.78 is 0. The monoisotopic (exact) mass is 560 g/mol. The third-order valence-electron chi connectivity index (χ3n) is 6.65. The van der Waals surface area contributed by atoms with Crippen LogP contribution in [0.1, 0.15) is 37.7 Å². The largest absolute Gasteiger partial charge is 0.480 e. The highest BCUT2D eigenvalue weighted by molar-refractivity contribution is 7.98. The quantitative estimate of drug-likeness (QED) is 0.158. The van der Waals surface area contributed by atoms with Gasteiger partial charge < -0.3 is 37.1 Å². The maximum Gasteiger partial charge on any atom is 0.326 e. The summed E-state index contributed by atoms with van der Waals surface area (Å²) in [6, 6.07) is 3.70. The van der Waals surface area contributed by atoms with Gasteiger partial charge in [0.25, 0.3) is 0 Å². The summed E-state index contributed by atoms with van der Waals surface area (Å²) in [6.07, 6.45) is 5.17. The van der Waals surface area contributed by atoms with Crippen LogP contribution in [0.3, 0.4) is 0 Å². The maximum absolute atomic E-state index is 13.4. The number of H-pyrrole nitrogens is 1. The van der Waals surface area contributed by atoms with E-state index in [4.69, 9.17) is 5.73 Å². The van der Waals surface area contributed by atoms with E-state index in [0.717, 1.165) is 29.4 Å². The molecule has 4 unspecified atom stereocenters. The molecule has 3 rings (SSSR count). The van der Waals surface area contributed by atoms with Crippen molar-refractivity contribution < 1.29 is 29.1 Å². The van der Waals surface area contributed by atoms with Crippen LogP contribution >= 0.6 is 11.8 Å². The molecular weight excluding hydrogens is 524 g/mol. The number of amides is 4. The molecule has 4 atom stereocenters. The minimum Gasteiger partial charge on any atom is -0.480 e. The number of thioether (sulfide) groups is 1. The fraction of sp³-hybridized carbons (Fsp3) is 0.500. The van der Waals surface area contributed by atoms with E-state index < -0.39 is 41.8 Å². The summed E-state index contributed by atoms with van der Waals surface area (Å²) >= 11 is 1.52. The predicted octanol–water partition coefficient (Wildman–Crippen LogP) is 0.0200. The Morgan fingerprint density at radius 1 is 1.05 bits per heavy atom. The van der Waals surface area contributed by atoms with Gasteiger partial charge in [0.05, 0.1) is 6.04 Å². The zero-order valence-electron chi connectivity index (χ0n) is 21.8. The number of aliphatic carboxylic acids is 1. The Morgan fingerprint density at radius 2 is 1.77 bits per heavy atom. The Kier molecular flexibility index (Phi) is 11.2. The molecule has 2 heterocycles. The predicted molar refractivity (Wildman–Crippen MR) is 148 cm³/mol. The van der Waals surface area contributed by atoms with Crippen LogP contribution in [0.4, 0.5) is 0 Å². The number of hydrogen-bond acceptors (Lipinski definition) is 7. The molecule has 0 saturated carbocycles. The lowest BCUT2D eigenvalue weighted by Crippen LogP contribution is -2.57. The van der Waals surface area contributed by atoms with Crippen LogP contribution in [0, 0.1) is 0 Å². The standard InChI is InChI=1S/C26H36N6O6S/c1-39-12-10-19(30-23(34)18-7-4-11-28-18)24(35)32-21(13-15-14-29-17-6-3-2-5-16(15)17)25(36)31-20(26(37)38)8-9-22(27)33/h2-3,5-6,14,18-21,28-29H,4,7-13H2,1H3,(H2,27,33)(H,30,34)(H,31,36)(H,32,35)(H,37,38). The maximum atomic E-state index is 13.4. The number of carboxylic acid groups (broad SMARTS) is 1. The van der Waals surface area contributed by atoms with E-state index in [1.807, 2.05) is 30.5 Å². The van der Waals surface area contributed by atoms with Crippen LogP contribution in [-0.4, -0.2) is 82.4 Å². The zero-order chi connectivity index (χ0) is 28.4. The molecule has 0 spiro atoms. The van der Waals surface area contributed by atoms with E-state index in [1.54, 1.807) is 6.20 Å². The Labute approximate surface area is 230 Å². The van der Waals surface area contributed by atoms with Gasteiger partial charge in [-0.05, 0) is 55.9 Å². The summed E-state index contributed by atoms with van der Waals surface area (Å²) in [7, 11) is 0. The fourth-order valence-electron chi connectivity index (χ4n) is 4.50. The first-order valence-electron chi connectivity index (χ1n) is 12.9. The first kappa shape index (κ1) is 30.0. The molecule has 0 bridgehead atoms. The minimum atomic E-state index is -1.37. The van der Waals surface area contributed by atoms with E-state index in [0.29, 0.717) is 18.6 Å². The topological polar surface area (TPSA) is 196 Å². The van der Waals surface area contributed by atoms with Crippen molar-refractivity contribution in [2.75, 3.05) is 18.6 Å². The number of benzene rings is 1. The second-order valence-corrected chi connectivity index (χ2v) is 10.5. The van der Waals surface area contributed by atoms with Gasteiger partial charge in [-0.1, -0.05) is 18.2 Å². The van der Waals surface area contributed by atoms with Crippen molar-refractivity contribution in [1.82, 2.24) is 26.3 Å². The highest BCUT2D eigenvalue weighted by atomic mass is 32.2. The average Bonchev–Trinajstić information content (AvgIpc) is 3.59. The van der Waals surface area contributed by atoms with E-state index in [2.05, 4.69) is 26.3 Å². The van der Waals surface area contributed by atoms with Crippen molar-refractivity contribution in [3.63, 3.8) is 0 Å². The Balaban J connectivity index is 1.81. The van der Waals surface area contributed by atoms with E-state index in [1.165, 1.54) is 11.8 Å². The smallest absolute Gasteiger partial charge is 0.326 e. The Hall–Kier alpha value is -3.58. The molecule has 212 valence electrons. The number of aromatic amines is 1. The third kappa shape index (κ3) is 8.72. The second-order valence-electron chi connectivity index (χ2n) is 9.52. The van der Waals surface area contributed by atoms with Crippen LogP contribution in [0.15, 0.2) is 30.5 Å². The number of nitrogens with one attached hydrogen (secondary N) is 5. The molecule has 1 aromatic heterocycles. The Morgan fingerprint density at radius 3 is 2.44 bits per heavy atom. The summed E-state index contributed by atoms with van der Waals surface area (Å²) in [4.78, 5) is 65.6. The molecule has 13 heteroatoms. The summed E-state index contributed by atoms with van der Waals surface area (Å²) in [5.41, 5.74) is 6.74. The van der Waals surface area contributed by atoms with Gasteiger partial charge >= 0.3 is 5.97 Å². The van der Waals surface area contributed by atoms with Crippen molar-refractivity contribution in [3.8, 4) is 0 Å². The van der Waals surface area contributed by atoms with Gasteiger partial charge in [0.1, 0.15) is 18.1 Å². The molecular formula is C26H36N6O6S. The third-order valence-corrected chi connectivity index (χ3v) is 7.29. The van der Waals surface area contributed by atoms with Crippen molar-refractivity contribution in [1.29, 1.82) is 0 Å². The number of para-hydroxylation sites is 1. The number of aromatic nitrogens is 1. The first-order chi connectivity index (χ1) is 18.7. The molecule has 2 aromatic rings. The van der Waals surface area contributed by atoms with Crippen LogP contribution in [0.5, 0.6) is 0 Å². The van der Waals surface area contributed by atoms with Gasteiger partial charge in [-0.15, -0.1) is 0 Å². The minimum absolute atomic E-state index is 0.0666. The molecule has 1 aliphatic rings. The zero-order valence-corrected chi connectivity index (χ0v) is 22.6. The van der Waals surface area contributed by atoms with Crippen molar-refractivity contribution in [3.05, 3.63) is 36.0 Å². The van der Waals surface area contributed by atoms with Crippen LogP contribution in [0.2, 0.25) is 0 Å². The highest BCUT2D eigenvalue weighted by Gasteiger charge is 2.32. The molecule has 1 aromatic carbocycles.